The molecule has 4 nitrogen and oxygen atoms in total. The van der Waals surface area contributed by atoms with Crippen molar-refractivity contribution in [2.24, 2.45) is 0 Å². The zero-order valence-corrected chi connectivity index (χ0v) is 15.7. The molecule has 162 valence electrons. The van der Waals surface area contributed by atoms with E-state index in [0.717, 1.165) is 38.1 Å². The van der Waals surface area contributed by atoms with Crippen LogP contribution < -0.4 is 0 Å². The van der Waals surface area contributed by atoms with Gasteiger partial charge < -0.3 is 9.47 Å². The fourth-order valence-corrected chi connectivity index (χ4v) is 2.89. The van der Waals surface area contributed by atoms with Crippen LogP contribution in [0.15, 0.2) is 48.5 Å². The number of hydrogen-bond acceptors (Lipinski definition) is 4. The molecule has 0 saturated heterocycles. The third-order valence-corrected chi connectivity index (χ3v) is 3.94. The van der Waals surface area contributed by atoms with Crippen LogP contribution in [0.3, 0.4) is 0 Å². The molecule has 0 aliphatic heterocycles. The minimum atomic E-state index is -5.02. The van der Waals surface area contributed by atoms with Gasteiger partial charge in [0.15, 0.2) is 0 Å². The average Bonchev–Trinajstić information content (AvgIpc) is 2.62. The molecule has 0 radical (unpaired) electrons. The predicted octanol–water partition coefficient (Wildman–Crippen LogP) is 5.69. The molecule has 0 aromatic heterocycles. The summed E-state index contributed by atoms with van der Waals surface area (Å²) in [5.41, 5.74) is -1.62. The molecule has 2 rings (SSSR count). The Kier molecular flexibility index (Phi) is 6.79. The Morgan fingerprint density at radius 1 is 0.667 bits per heavy atom. The maximum absolute atomic E-state index is 13.6. The second-order valence-corrected chi connectivity index (χ2v) is 6.24. The lowest BCUT2D eigenvalue weighted by Gasteiger charge is -2.26. The third kappa shape index (κ3) is 5.52. The zero-order chi connectivity index (χ0) is 22.7. The van der Waals surface area contributed by atoms with Crippen molar-refractivity contribution in [1.82, 2.24) is 0 Å². The fourth-order valence-electron chi connectivity index (χ4n) is 2.89. The van der Waals surface area contributed by atoms with Crippen LogP contribution in [0.5, 0.6) is 0 Å². The lowest BCUT2D eigenvalue weighted by Crippen LogP contribution is -2.27. The summed E-state index contributed by atoms with van der Waals surface area (Å²) in [6, 6.07) is 9.45. The van der Waals surface area contributed by atoms with Gasteiger partial charge in [0, 0.05) is 25.0 Å². The van der Waals surface area contributed by atoms with Crippen molar-refractivity contribution in [2.75, 3.05) is 0 Å². The lowest BCUT2D eigenvalue weighted by atomic mass is 9.90. The first-order chi connectivity index (χ1) is 13.8. The maximum Gasteiger partial charge on any atom is 0.429 e. The number of carbonyl (C=O) groups is 2. The van der Waals surface area contributed by atoms with E-state index in [-0.39, 0.29) is 11.1 Å². The van der Waals surface area contributed by atoms with Gasteiger partial charge in [0.05, 0.1) is 0 Å². The summed E-state index contributed by atoms with van der Waals surface area (Å²) in [4.78, 5) is 22.4. The van der Waals surface area contributed by atoms with Crippen LogP contribution in [-0.4, -0.2) is 24.3 Å². The number of rotatable bonds is 5. The highest BCUT2D eigenvalue weighted by Crippen LogP contribution is 2.44. The van der Waals surface area contributed by atoms with Crippen molar-refractivity contribution in [2.45, 2.75) is 38.4 Å². The predicted molar refractivity (Wildman–Crippen MR) is 93.0 cm³/mol. The molecule has 2 aromatic carbocycles. The van der Waals surface area contributed by atoms with E-state index < -0.39 is 47.6 Å². The van der Waals surface area contributed by atoms with E-state index in [1.54, 1.807) is 0 Å². The van der Waals surface area contributed by atoms with Crippen molar-refractivity contribution < 1.29 is 45.4 Å². The van der Waals surface area contributed by atoms with Gasteiger partial charge in [0.2, 0.25) is 12.2 Å². The maximum atomic E-state index is 13.6. The summed E-state index contributed by atoms with van der Waals surface area (Å²) in [6.45, 7) is 1.57. The van der Waals surface area contributed by atoms with E-state index in [2.05, 4.69) is 9.47 Å². The number of alkyl halides is 6. The van der Waals surface area contributed by atoms with Gasteiger partial charge in [-0.1, -0.05) is 48.5 Å². The fraction of sp³-hybridized carbons (Fsp3) is 0.300. The van der Waals surface area contributed by atoms with Crippen LogP contribution in [0.2, 0.25) is 0 Å². The number of carbonyl (C=O) groups excluding carboxylic acids is 2. The van der Waals surface area contributed by atoms with Crippen LogP contribution >= 0.6 is 0 Å². The first-order valence-electron chi connectivity index (χ1n) is 8.48. The number of benzene rings is 2. The monoisotopic (exact) mass is 434 g/mol. The summed E-state index contributed by atoms with van der Waals surface area (Å²) < 4.78 is 90.2. The molecule has 0 spiro atoms. The molecule has 0 amide bonds. The van der Waals surface area contributed by atoms with Gasteiger partial charge in [-0.2, -0.15) is 26.3 Å². The second-order valence-electron chi connectivity index (χ2n) is 6.24. The molecule has 0 unspecified atom stereocenters. The van der Waals surface area contributed by atoms with Gasteiger partial charge in [-0.3, -0.25) is 9.59 Å². The highest BCUT2D eigenvalue weighted by Gasteiger charge is 2.47. The number of ether oxygens (including phenoxy) is 2. The Labute approximate surface area is 167 Å². The second kappa shape index (κ2) is 8.76. The minimum Gasteiger partial charge on any atom is -0.448 e. The summed E-state index contributed by atoms with van der Waals surface area (Å²) in [7, 11) is 0. The van der Waals surface area contributed by atoms with Crippen molar-refractivity contribution in [3.63, 3.8) is 0 Å². The van der Waals surface area contributed by atoms with E-state index in [1.807, 2.05) is 0 Å². The molecular weight excluding hydrogens is 418 g/mol. The van der Waals surface area contributed by atoms with Crippen LogP contribution in [0.1, 0.15) is 37.2 Å². The van der Waals surface area contributed by atoms with Gasteiger partial charge in [-0.15, -0.1) is 0 Å². The molecule has 0 fully saturated rings. The SMILES string of the molecule is CC(=O)O[C@@H](c1ccccc1-c1ccccc1[C@H](OC(C)=O)C(F)(F)F)C(F)(F)F. The number of esters is 2. The summed E-state index contributed by atoms with van der Waals surface area (Å²) in [6.07, 6.45) is -15.4. The van der Waals surface area contributed by atoms with E-state index in [4.69, 9.17) is 0 Å². The highest BCUT2D eigenvalue weighted by molar-refractivity contribution is 5.74. The summed E-state index contributed by atoms with van der Waals surface area (Å²) in [5, 5.41) is 0. The topological polar surface area (TPSA) is 52.6 Å². The highest BCUT2D eigenvalue weighted by atomic mass is 19.4. The van der Waals surface area contributed by atoms with Gasteiger partial charge in [0.1, 0.15) is 0 Å². The van der Waals surface area contributed by atoms with Crippen LogP contribution in [-0.2, 0) is 19.1 Å². The number of halogens is 6. The molecule has 0 aliphatic rings. The summed E-state index contributed by atoms with van der Waals surface area (Å²) in [5.74, 6) is -2.43. The molecule has 0 saturated carbocycles. The first-order valence-corrected chi connectivity index (χ1v) is 8.48. The smallest absolute Gasteiger partial charge is 0.429 e. The third-order valence-electron chi connectivity index (χ3n) is 3.94. The van der Waals surface area contributed by atoms with Crippen molar-refractivity contribution in [3.8, 4) is 11.1 Å². The molecule has 0 N–H and O–H groups in total. The Morgan fingerprint density at radius 2 is 0.967 bits per heavy atom. The molecule has 2 atom stereocenters. The van der Waals surface area contributed by atoms with Gasteiger partial charge in [0.25, 0.3) is 0 Å². The number of hydrogen-bond donors (Lipinski definition) is 0. The molecule has 30 heavy (non-hydrogen) atoms. The molecule has 0 bridgehead atoms. The van der Waals surface area contributed by atoms with Gasteiger partial charge in [-0.05, 0) is 11.1 Å². The molecular formula is C20H16F6O4. The van der Waals surface area contributed by atoms with Crippen LogP contribution in [0, 0.1) is 0 Å². The quantitative estimate of drug-likeness (QED) is 0.449. The lowest BCUT2D eigenvalue weighted by molar-refractivity contribution is -0.223. The van der Waals surface area contributed by atoms with E-state index in [9.17, 15) is 35.9 Å². The van der Waals surface area contributed by atoms with Gasteiger partial charge >= 0.3 is 24.3 Å². The average molecular weight is 434 g/mol. The Morgan fingerprint density at radius 3 is 1.23 bits per heavy atom. The minimum absolute atomic E-state index is 0.252. The van der Waals surface area contributed by atoms with E-state index >= 15 is 0 Å². The van der Waals surface area contributed by atoms with E-state index in [1.165, 1.54) is 24.3 Å². The van der Waals surface area contributed by atoms with E-state index in [0.29, 0.717) is 0 Å². The van der Waals surface area contributed by atoms with Gasteiger partial charge in [-0.25, -0.2) is 0 Å². The molecule has 2 aromatic rings. The Bertz CT molecular complexity index is 844. The van der Waals surface area contributed by atoms with Crippen molar-refractivity contribution >= 4 is 11.9 Å². The largest absolute Gasteiger partial charge is 0.448 e. The molecule has 0 aliphatic carbocycles. The Hall–Kier alpha value is -3.04. The van der Waals surface area contributed by atoms with Crippen molar-refractivity contribution in [1.29, 1.82) is 0 Å². The first kappa shape index (κ1) is 23.2. The standard InChI is InChI=1S/C20H16F6O4/c1-11(27)29-17(19(21,22)23)15-9-5-3-7-13(15)14-8-4-6-10-16(14)18(20(24,25)26)30-12(2)28/h3-10,17-18H,1-2H3/t17-,18-/m0/s1. The molecule has 10 heteroatoms. The molecule has 0 heterocycles. The van der Waals surface area contributed by atoms with Crippen LogP contribution in [0.25, 0.3) is 11.1 Å². The van der Waals surface area contributed by atoms with Crippen molar-refractivity contribution in [3.05, 3.63) is 59.7 Å². The zero-order valence-electron chi connectivity index (χ0n) is 15.7. The normalized spacial score (nSPS) is 14.0. The summed E-state index contributed by atoms with van der Waals surface area (Å²) >= 11 is 0. The Balaban J connectivity index is 2.73. The van der Waals surface area contributed by atoms with Crippen LogP contribution in [0.4, 0.5) is 26.3 Å².